The largest absolute Gasteiger partial charge is 0.423 e. The van der Waals surface area contributed by atoms with Crippen molar-refractivity contribution in [3.05, 3.63) is 57.1 Å². The van der Waals surface area contributed by atoms with Crippen LogP contribution >= 0.6 is 0 Å². The molecule has 0 aliphatic rings. The van der Waals surface area contributed by atoms with Gasteiger partial charge in [0.15, 0.2) is 11.2 Å². The van der Waals surface area contributed by atoms with Gasteiger partial charge < -0.3 is 19.1 Å². The van der Waals surface area contributed by atoms with Gasteiger partial charge >= 0.3 is 5.76 Å². The zero-order chi connectivity index (χ0) is 22.1. The molecule has 4 rings (SSSR count). The van der Waals surface area contributed by atoms with E-state index in [1.54, 1.807) is 23.1 Å². The minimum Gasteiger partial charge on any atom is -0.423 e. The van der Waals surface area contributed by atoms with E-state index in [4.69, 9.17) is 8.83 Å². The Morgan fingerprint density at radius 1 is 1.19 bits per heavy atom. The molecular weight excluding hydrogens is 406 g/mol. The lowest BCUT2D eigenvalue weighted by Crippen LogP contribution is -2.17. The monoisotopic (exact) mass is 425 g/mol. The highest BCUT2D eigenvalue weighted by molar-refractivity contribution is 5.92. The Balaban J connectivity index is 1.39. The van der Waals surface area contributed by atoms with Gasteiger partial charge in [-0.05, 0) is 24.6 Å². The molecule has 0 fully saturated rings. The molecule has 11 heteroatoms. The maximum absolute atomic E-state index is 12.3. The molecular formula is C20H19N5O6. The van der Waals surface area contributed by atoms with Crippen LogP contribution in [-0.2, 0) is 11.3 Å². The molecule has 31 heavy (non-hydrogen) atoms. The predicted octanol–water partition coefficient (Wildman–Crippen LogP) is 3.13. The highest BCUT2D eigenvalue weighted by Crippen LogP contribution is 2.24. The Hall–Kier alpha value is -4.15. The summed E-state index contributed by atoms with van der Waals surface area (Å²) in [7, 11) is 3.65. The van der Waals surface area contributed by atoms with Crippen LogP contribution < -0.4 is 16.0 Å². The quantitative estimate of drug-likeness (QED) is 0.352. The van der Waals surface area contributed by atoms with Crippen LogP contribution in [0.3, 0.4) is 0 Å². The number of nitrogens with one attached hydrogen (secondary N) is 1. The highest BCUT2D eigenvalue weighted by atomic mass is 16.6. The summed E-state index contributed by atoms with van der Waals surface area (Å²) in [6, 6.07) is 9.66. The Morgan fingerprint density at radius 2 is 2.00 bits per heavy atom. The van der Waals surface area contributed by atoms with Crippen molar-refractivity contribution < 1.29 is 18.6 Å². The van der Waals surface area contributed by atoms with E-state index >= 15 is 0 Å². The van der Waals surface area contributed by atoms with Crippen LogP contribution in [0.4, 0.5) is 17.4 Å². The molecule has 160 valence electrons. The first-order valence-corrected chi connectivity index (χ1v) is 9.47. The molecule has 4 aromatic rings. The zero-order valence-electron chi connectivity index (χ0n) is 16.8. The van der Waals surface area contributed by atoms with Gasteiger partial charge in [-0.15, -0.1) is 0 Å². The summed E-state index contributed by atoms with van der Waals surface area (Å²) >= 11 is 0. The molecule has 0 radical (unpaired) electrons. The Morgan fingerprint density at radius 3 is 2.74 bits per heavy atom. The first-order valence-electron chi connectivity index (χ1n) is 9.47. The van der Waals surface area contributed by atoms with E-state index < -0.39 is 10.7 Å². The van der Waals surface area contributed by atoms with Crippen LogP contribution in [0, 0.1) is 10.1 Å². The van der Waals surface area contributed by atoms with Gasteiger partial charge in [-0.2, -0.15) is 4.98 Å². The lowest BCUT2D eigenvalue weighted by molar-refractivity contribution is -0.384. The van der Waals surface area contributed by atoms with Crippen LogP contribution in [0.2, 0.25) is 0 Å². The van der Waals surface area contributed by atoms with Crippen LogP contribution in [0.5, 0.6) is 0 Å². The van der Waals surface area contributed by atoms with Gasteiger partial charge in [-0.25, -0.2) is 4.79 Å². The number of amides is 1. The number of nitro groups is 1. The average molecular weight is 425 g/mol. The molecule has 0 saturated heterocycles. The summed E-state index contributed by atoms with van der Waals surface area (Å²) in [5.74, 6) is -0.841. The molecule has 0 spiro atoms. The molecule has 0 bridgehead atoms. The number of carbonyl (C=O) groups excluding carboxylic acids is 1. The molecule has 2 aromatic carbocycles. The SMILES string of the molecule is CN(C)c1nc2ccc(NC(=O)CCCn3c(=O)oc4cc([N+](=O)[O-])ccc43)cc2o1. The van der Waals surface area contributed by atoms with E-state index in [-0.39, 0.29) is 30.1 Å². The third kappa shape index (κ3) is 4.10. The highest BCUT2D eigenvalue weighted by Gasteiger charge is 2.15. The summed E-state index contributed by atoms with van der Waals surface area (Å²) < 4.78 is 12.1. The number of fused-ring (bicyclic) bond motifs is 2. The number of hydrogen-bond acceptors (Lipinski definition) is 8. The Bertz CT molecular complexity index is 1350. The molecule has 1 N–H and O–H groups in total. The van der Waals surface area contributed by atoms with Crippen molar-refractivity contribution >= 4 is 45.5 Å². The summed E-state index contributed by atoms with van der Waals surface area (Å²) in [4.78, 5) is 40.8. The summed E-state index contributed by atoms with van der Waals surface area (Å²) in [6.07, 6.45) is 0.552. The number of aromatic nitrogens is 2. The second-order valence-corrected chi connectivity index (χ2v) is 7.15. The van der Waals surface area contributed by atoms with Crippen molar-refractivity contribution in [1.82, 2.24) is 9.55 Å². The van der Waals surface area contributed by atoms with Gasteiger partial charge in [-0.3, -0.25) is 19.5 Å². The van der Waals surface area contributed by atoms with E-state index in [1.807, 2.05) is 14.1 Å². The fourth-order valence-corrected chi connectivity index (χ4v) is 3.18. The molecule has 0 aliphatic carbocycles. The summed E-state index contributed by atoms with van der Waals surface area (Å²) in [5, 5.41) is 13.7. The Labute approximate surface area is 175 Å². The molecule has 0 saturated carbocycles. The molecule has 0 unspecified atom stereocenters. The number of nitro benzene ring substituents is 1. The lowest BCUT2D eigenvalue weighted by atomic mass is 10.2. The van der Waals surface area contributed by atoms with Gasteiger partial charge in [0, 0.05) is 44.9 Å². The number of aryl methyl sites for hydroxylation is 1. The average Bonchev–Trinajstić information content (AvgIpc) is 3.28. The van der Waals surface area contributed by atoms with Crippen molar-refractivity contribution in [2.75, 3.05) is 24.3 Å². The number of anilines is 2. The number of non-ortho nitro benzene ring substituents is 1. The van der Waals surface area contributed by atoms with Gasteiger partial charge in [0.05, 0.1) is 16.5 Å². The molecule has 2 heterocycles. The topological polar surface area (TPSA) is 137 Å². The number of benzene rings is 2. The van der Waals surface area contributed by atoms with Gasteiger partial charge in [-0.1, -0.05) is 0 Å². The van der Waals surface area contributed by atoms with E-state index in [1.165, 1.54) is 22.8 Å². The number of oxazole rings is 2. The number of hydrogen-bond donors (Lipinski definition) is 1. The minimum absolute atomic E-state index is 0.140. The predicted molar refractivity (Wildman–Crippen MR) is 113 cm³/mol. The van der Waals surface area contributed by atoms with E-state index in [2.05, 4.69) is 10.3 Å². The van der Waals surface area contributed by atoms with Crippen molar-refractivity contribution in [3.8, 4) is 0 Å². The summed E-state index contributed by atoms with van der Waals surface area (Å²) in [5.41, 5.74) is 2.26. The second kappa shape index (κ2) is 7.94. The van der Waals surface area contributed by atoms with Crippen molar-refractivity contribution in [2.45, 2.75) is 19.4 Å². The maximum Gasteiger partial charge on any atom is 0.419 e. The first-order chi connectivity index (χ1) is 14.8. The fourth-order valence-electron chi connectivity index (χ4n) is 3.18. The molecule has 0 atom stereocenters. The van der Waals surface area contributed by atoms with Crippen LogP contribution in [0.25, 0.3) is 22.2 Å². The molecule has 2 aromatic heterocycles. The van der Waals surface area contributed by atoms with Crippen molar-refractivity contribution in [2.24, 2.45) is 0 Å². The molecule has 1 amide bonds. The fraction of sp³-hybridized carbons (Fsp3) is 0.250. The zero-order valence-corrected chi connectivity index (χ0v) is 16.8. The third-order valence-electron chi connectivity index (χ3n) is 4.69. The van der Waals surface area contributed by atoms with Crippen LogP contribution in [0.1, 0.15) is 12.8 Å². The maximum atomic E-state index is 12.3. The van der Waals surface area contributed by atoms with Gasteiger partial charge in [0.1, 0.15) is 5.52 Å². The van der Waals surface area contributed by atoms with E-state index in [0.717, 1.165) is 0 Å². The number of nitrogens with zero attached hydrogens (tertiary/aromatic N) is 4. The number of carbonyl (C=O) groups is 1. The second-order valence-electron chi connectivity index (χ2n) is 7.15. The first kappa shape index (κ1) is 20.1. The molecule has 11 nitrogen and oxygen atoms in total. The lowest BCUT2D eigenvalue weighted by Gasteiger charge is -2.05. The standard InChI is InChI=1S/C20H19N5O6/c1-23(2)19-22-14-7-5-12(10-16(14)30-19)21-18(26)4-3-9-24-15-8-6-13(25(28)29)11-17(15)31-20(24)27/h5-8,10-11H,3-4,9H2,1-2H3,(H,21,26). The van der Waals surface area contributed by atoms with E-state index in [9.17, 15) is 19.7 Å². The van der Waals surface area contributed by atoms with Crippen LogP contribution in [-0.4, -0.2) is 34.5 Å². The normalized spacial score (nSPS) is 11.2. The van der Waals surface area contributed by atoms with Gasteiger partial charge in [0.2, 0.25) is 5.91 Å². The number of rotatable bonds is 7. The third-order valence-corrected chi connectivity index (χ3v) is 4.69. The minimum atomic E-state index is -0.622. The van der Waals surface area contributed by atoms with Crippen LogP contribution in [0.15, 0.2) is 50.0 Å². The van der Waals surface area contributed by atoms with Crippen molar-refractivity contribution in [3.63, 3.8) is 0 Å². The van der Waals surface area contributed by atoms with Gasteiger partial charge in [0.25, 0.3) is 11.7 Å². The smallest absolute Gasteiger partial charge is 0.419 e. The van der Waals surface area contributed by atoms with E-state index in [0.29, 0.717) is 34.7 Å². The van der Waals surface area contributed by atoms with Crippen molar-refractivity contribution in [1.29, 1.82) is 0 Å². The molecule has 0 aliphatic heterocycles. The summed E-state index contributed by atoms with van der Waals surface area (Å²) in [6.45, 7) is 0.240. The Kier molecular flexibility index (Phi) is 5.15.